The summed E-state index contributed by atoms with van der Waals surface area (Å²) in [6.45, 7) is 3.57. The van der Waals surface area contributed by atoms with Gasteiger partial charge in [-0.05, 0) is 55.4 Å². The molecule has 0 bridgehead atoms. The lowest BCUT2D eigenvalue weighted by molar-refractivity contribution is 0.288. The Morgan fingerprint density at radius 2 is 2.07 bits per heavy atom. The molecule has 1 atom stereocenters. The molecule has 4 rings (SSSR count). The summed E-state index contributed by atoms with van der Waals surface area (Å²) in [5.74, 6) is 2.28. The molecule has 6 heteroatoms. The van der Waals surface area contributed by atoms with E-state index < -0.39 is 0 Å². The number of para-hydroxylation sites is 1. The summed E-state index contributed by atoms with van der Waals surface area (Å²) in [7, 11) is 1.82. The second-order valence-electron chi connectivity index (χ2n) is 7.95. The van der Waals surface area contributed by atoms with Crippen LogP contribution in [0.15, 0.2) is 53.7 Å². The van der Waals surface area contributed by atoms with Crippen molar-refractivity contribution in [3.63, 3.8) is 0 Å². The van der Waals surface area contributed by atoms with Crippen molar-refractivity contribution in [1.29, 1.82) is 0 Å². The molecule has 1 aromatic carbocycles. The van der Waals surface area contributed by atoms with Crippen LogP contribution in [0.3, 0.4) is 0 Å². The zero-order valence-electron chi connectivity index (χ0n) is 17.2. The van der Waals surface area contributed by atoms with E-state index in [1.807, 2.05) is 25.4 Å². The Morgan fingerprint density at radius 1 is 1.21 bits per heavy atom. The second-order valence-corrected chi connectivity index (χ2v) is 7.95. The Balaban J connectivity index is 1.27. The van der Waals surface area contributed by atoms with E-state index in [1.54, 1.807) is 0 Å². The fourth-order valence-corrected chi connectivity index (χ4v) is 3.67. The Kier molecular flexibility index (Phi) is 6.49. The smallest absolute Gasteiger partial charge is 0.213 e. The van der Waals surface area contributed by atoms with E-state index in [4.69, 9.17) is 4.74 Å². The zero-order valence-corrected chi connectivity index (χ0v) is 17.2. The molecule has 29 heavy (non-hydrogen) atoms. The van der Waals surface area contributed by atoms with Crippen LogP contribution in [0, 0.1) is 5.92 Å². The SMILES string of the molecule is CN=C(NCc1ccnc(OCC2CC2)c1)NC1CCCN(c2ccccc2)C1. The number of nitrogens with one attached hydrogen (secondary N) is 2. The van der Waals surface area contributed by atoms with Gasteiger partial charge in [-0.15, -0.1) is 0 Å². The fraction of sp³-hybridized carbons (Fsp3) is 0.478. The lowest BCUT2D eigenvalue weighted by Crippen LogP contribution is -2.51. The van der Waals surface area contributed by atoms with E-state index >= 15 is 0 Å². The van der Waals surface area contributed by atoms with Gasteiger partial charge in [-0.1, -0.05) is 18.2 Å². The van der Waals surface area contributed by atoms with Crippen LogP contribution < -0.4 is 20.3 Å². The molecule has 0 radical (unpaired) electrons. The number of hydrogen-bond donors (Lipinski definition) is 2. The summed E-state index contributed by atoms with van der Waals surface area (Å²) in [5, 5.41) is 7.02. The van der Waals surface area contributed by atoms with Crippen molar-refractivity contribution in [1.82, 2.24) is 15.6 Å². The van der Waals surface area contributed by atoms with Crippen LogP contribution in [0.5, 0.6) is 5.88 Å². The lowest BCUT2D eigenvalue weighted by Gasteiger charge is -2.35. The molecule has 1 unspecified atom stereocenters. The van der Waals surface area contributed by atoms with E-state index in [1.165, 1.54) is 24.9 Å². The Labute approximate surface area is 173 Å². The van der Waals surface area contributed by atoms with Crippen LogP contribution in [0.4, 0.5) is 5.69 Å². The van der Waals surface area contributed by atoms with Crippen molar-refractivity contribution >= 4 is 11.6 Å². The first-order chi connectivity index (χ1) is 14.3. The topological polar surface area (TPSA) is 61.8 Å². The fourth-order valence-electron chi connectivity index (χ4n) is 3.67. The molecule has 2 aromatic rings. The molecule has 1 saturated heterocycles. The lowest BCUT2D eigenvalue weighted by atomic mass is 10.1. The van der Waals surface area contributed by atoms with Crippen LogP contribution in [0.25, 0.3) is 0 Å². The maximum Gasteiger partial charge on any atom is 0.213 e. The maximum atomic E-state index is 5.79. The highest BCUT2D eigenvalue weighted by Crippen LogP contribution is 2.29. The monoisotopic (exact) mass is 393 g/mol. The Morgan fingerprint density at radius 3 is 2.86 bits per heavy atom. The van der Waals surface area contributed by atoms with E-state index in [2.05, 4.69) is 55.8 Å². The first kappa shape index (κ1) is 19.6. The predicted octanol–water partition coefficient (Wildman–Crippen LogP) is 3.20. The minimum absolute atomic E-state index is 0.380. The van der Waals surface area contributed by atoms with Gasteiger partial charge in [0.2, 0.25) is 5.88 Å². The summed E-state index contributed by atoms with van der Waals surface area (Å²) in [6, 6.07) is 15.0. The van der Waals surface area contributed by atoms with Crippen LogP contribution in [-0.2, 0) is 6.54 Å². The number of piperidine rings is 1. The highest BCUT2D eigenvalue weighted by molar-refractivity contribution is 5.80. The third-order valence-corrected chi connectivity index (χ3v) is 5.53. The van der Waals surface area contributed by atoms with Gasteiger partial charge in [-0.25, -0.2) is 4.98 Å². The largest absolute Gasteiger partial charge is 0.477 e. The number of aromatic nitrogens is 1. The summed E-state index contributed by atoms with van der Waals surface area (Å²) in [4.78, 5) is 11.2. The average Bonchev–Trinajstić information content (AvgIpc) is 3.61. The molecule has 2 fully saturated rings. The molecule has 154 valence electrons. The van der Waals surface area contributed by atoms with Crippen LogP contribution in [0.1, 0.15) is 31.2 Å². The summed E-state index contributed by atoms with van der Waals surface area (Å²) in [5.41, 5.74) is 2.43. The second kappa shape index (κ2) is 9.63. The van der Waals surface area contributed by atoms with Crippen molar-refractivity contribution in [2.75, 3.05) is 31.6 Å². The molecule has 2 heterocycles. The van der Waals surface area contributed by atoms with Crippen LogP contribution in [-0.4, -0.2) is 43.7 Å². The number of aliphatic imine (C=N–C) groups is 1. The highest BCUT2D eigenvalue weighted by atomic mass is 16.5. The molecule has 1 aliphatic carbocycles. The van der Waals surface area contributed by atoms with Crippen molar-refractivity contribution in [3.05, 3.63) is 54.2 Å². The van der Waals surface area contributed by atoms with Gasteiger partial charge in [0.1, 0.15) is 0 Å². The minimum Gasteiger partial charge on any atom is -0.477 e. The molecule has 0 amide bonds. The number of anilines is 1. The maximum absolute atomic E-state index is 5.79. The van der Waals surface area contributed by atoms with E-state index in [0.717, 1.165) is 43.6 Å². The first-order valence-corrected chi connectivity index (χ1v) is 10.6. The van der Waals surface area contributed by atoms with Crippen molar-refractivity contribution < 1.29 is 4.74 Å². The molecule has 1 aliphatic heterocycles. The number of nitrogens with zero attached hydrogens (tertiary/aromatic N) is 3. The highest BCUT2D eigenvalue weighted by Gasteiger charge is 2.22. The van der Waals surface area contributed by atoms with Gasteiger partial charge in [-0.2, -0.15) is 0 Å². The van der Waals surface area contributed by atoms with E-state index in [9.17, 15) is 0 Å². The third kappa shape index (κ3) is 5.86. The number of hydrogen-bond acceptors (Lipinski definition) is 4. The van der Waals surface area contributed by atoms with Gasteiger partial charge in [-0.3, -0.25) is 4.99 Å². The molecule has 6 nitrogen and oxygen atoms in total. The quantitative estimate of drug-likeness (QED) is 0.559. The van der Waals surface area contributed by atoms with Crippen molar-refractivity contribution in [2.24, 2.45) is 10.9 Å². The number of guanidine groups is 1. The molecule has 2 N–H and O–H groups in total. The average molecular weight is 394 g/mol. The van der Waals surface area contributed by atoms with Crippen LogP contribution >= 0.6 is 0 Å². The third-order valence-electron chi connectivity index (χ3n) is 5.53. The van der Waals surface area contributed by atoms with Gasteiger partial charge in [0.25, 0.3) is 0 Å². The van der Waals surface area contributed by atoms with Crippen LogP contribution in [0.2, 0.25) is 0 Å². The van der Waals surface area contributed by atoms with E-state index in [0.29, 0.717) is 18.5 Å². The molecular formula is C23H31N5O. The molecule has 1 saturated carbocycles. The molecule has 2 aliphatic rings. The molecule has 0 spiro atoms. The summed E-state index contributed by atoms with van der Waals surface area (Å²) < 4.78 is 5.79. The van der Waals surface area contributed by atoms with Gasteiger partial charge < -0.3 is 20.3 Å². The van der Waals surface area contributed by atoms with Gasteiger partial charge in [0.05, 0.1) is 6.61 Å². The normalized spacial score (nSPS) is 19.7. The Hall–Kier alpha value is -2.76. The number of ether oxygens (including phenoxy) is 1. The standard InChI is InChI=1S/C23H31N5O/c1-24-23(26-15-19-11-12-25-22(14-19)29-17-18-9-10-18)27-20-6-5-13-28(16-20)21-7-3-2-4-8-21/h2-4,7-8,11-12,14,18,20H,5-6,9-10,13,15-17H2,1H3,(H2,24,26,27). The van der Waals surface area contributed by atoms with E-state index in [-0.39, 0.29) is 0 Å². The van der Waals surface area contributed by atoms with Gasteiger partial charge >= 0.3 is 0 Å². The minimum atomic E-state index is 0.380. The number of benzene rings is 1. The molecule has 1 aromatic heterocycles. The predicted molar refractivity (Wildman–Crippen MR) is 117 cm³/mol. The van der Waals surface area contributed by atoms with Crippen molar-refractivity contribution in [2.45, 2.75) is 38.3 Å². The summed E-state index contributed by atoms with van der Waals surface area (Å²) in [6.07, 6.45) is 6.71. The number of pyridine rings is 1. The van der Waals surface area contributed by atoms with Gasteiger partial charge in [0.15, 0.2) is 5.96 Å². The van der Waals surface area contributed by atoms with Crippen molar-refractivity contribution in [3.8, 4) is 5.88 Å². The first-order valence-electron chi connectivity index (χ1n) is 10.6. The zero-order chi connectivity index (χ0) is 19.9. The Bertz CT molecular complexity index is 806. The van der Waals surface area contributed by atoms with Gasteiger partial charge in [0, 0.05) is 50.7 Å². The molecular weight excluding hydrogens is 362 g/mol. The number of rotatable bonds is 7. The summed E-state index contributed by atoms with van der Waals surface area (Å²) >= 11 is 0.